The summed E-state index contributed by atoms with van der Waals surface area (Å²) < 4.78 is 10.6. The fourth-order valence-corrected chi connectivity index (χ4v) is 4.85. The quantitative estimate of drug-likeness (QED) is 0.407. The van der Waals surface area contributed by atoms with E-state index < -0.39 is 0 Å². The molecule has 2 heterocycles. The summed E-state index contributed by atoms with van der Waals surface area (Å²) in [6, 6.07) is 7.92. The van der Waals surface area contributed by atoms with Crippen molar-refractivity contribution in [3.05, 3.63) is 40.5 Å². The summed E-state index contributed by atoms with van der Waals surface area (Å²) in [6.07, 6.45) is 1.69. The lowest BCUT2D eigenvalue weighted by Crippen LogP contribution is -2.27. The normalized spacial score (nSPS) is 10.9. The summed E-state index contributed by atoms with van der Waals surface area (Å²) in [5.74, 6) is 2.44. The molecule has 0 unspecified atom stereocenters. The number of benzene rings is 1. The van der Waals surface area contributed by atoms with Crippen LogP contribution in [0.2, 0.25) is 0 Å². The Labute approximate surface area is 179 Å². The SMILES string of the molecule is CCc1cc2c(SCC(=O)NCCc3ccc(OC)c(OC)c3)nc(C)nc2s1. The van der Waals surface area contributed by atoms with Crippen molar-refractivity contribution in [2.45, 2.75) is 31.7 Å². The molecule has 0 atom stereocenters. The molecule has 2 aromatic heterocycles. The number of hydrogen-bond donors (Lipinski definition) is 1. The van der Waals surface area contributed by atoms with Gasteiger partial charge in [0, 0.05) is 16.8 Å². The molecule has 0 radical (unpaired) electrons. The maximum absolute atomic E-state index is 12.3. The molecule has 8 heteroatoms. The summed E-state index contributed by atoms with van der Waals surface area (Å²) in [5.41, 5.74) is 1.08. The first-order valence-electron chi connectivity index (χ1n) is 9.41. The topological polar surface area (TPSA) is 73.3 Å². The maximum Gasteiger partial charge on any atom is 0.230 e. The molecule has 0 saturated heterocycles. The molecule has 1 amide bonds. The maximum atomic E-state index is 12.3. The van der Waals surface area contributed by atoms with Gasteiger partial charge in [-0.1, -0.05) is 24.8 Å². The molecule has 154 valence electrons. The number of nitrogens with zero attached hydrogens (tertiary/aromatic N) is 2. The zero-order chi connectivity index (χ0) is 20.8. The first-order chi connectivity index (χ1) is 14.0. The van der Waals surface area contributed by atoms with E-state index in [1.165, 1.54) is 16.6 Å². The number of carbonyl (C=O) groups excluding carboxylic acids is 1. The van der Waals surface area contributed by atoms with E-state index in [-0.39, 0.29) is 5.91 Å². The Balaban J connectivity index is 1.54. The number of carbonyl (C=O) groups is 1. The van der Waals surface area contributed by atoms with E-state index in [0.717, 1.165) is 39.5 Å². The second-order valence-electron chi connectivity index (χ2n) is 6.44. The van der Waals surface area contributed by atoms with Gasteiger partial charge in [-0.05, 0) is 43.5 Å². The Morgan fingerprint density at radius 3 is 2.69 bits per heavy atom. The van der Waals surface area contributed by atoms with Crippen molar-refractivity contribution in [1.29, 1.82) is 0 Å². The minimum atomic E-state index is -0.00848. The summed E-state index contributed by atoms with van der Waals surface area (Å²) in [7, 11) is 3.23. The zero-order valence-electron chi connectivity index (χ0n) is 17.1. The molecule has 0 aliphatic rings. The Morgan fingerprint density at radius 2 is 1.97 bits per heavy atom. The monoisotopic (exact) mass is 431 g/mol. The summed E-state index contributed by atoms with van der Waals surface area (Å²) in [4.78, 5) is 23.6. The van der Waals surface area contributed by atoms with Crippen LogP contribution in [0.25, 0.3) is 10.2 Å². The van der Waals surface area contributed by atoms with E-state index in [4.69, 9.17) is 9.47 Å². The lowest BCUT2D eigenvalue weighted by Gasteiger charge is -2.10. The average molecular weight is 432 g/mol. The predicted octanol–water partition coefficient (Wildman–Crippen LogP) is 4.03. The smallest absolute Gasteiger partial charge is 0.230 e. The number of methoxy groups -OCH3 is 2. The number of amides is 1. The van der Waals surface area contributed by atoms with Crippen LogP contribution >= 0.6 is 23.1 Å². The molecule has 1 aromatic carbocycles. The van der Waals surface area contributed by atoms with Crippen molar-refractivity contribution < 1.29 is 14.3 Å². The summed E-state index contributed by atoms with van der Waals surface area (Å²) in [6.45, 7) is 4.58. The summed E-state index contributed by atoms with van der Waals surface area (Å²) >= 11 is 3.15. The van der Waals surface area contributed by atoms with Crippen LogP contribution in [0.5, 0.6) is 11.5 Å². The van der Waals surface area contributed by atoms with Crippen molar-refractivity contribution in [2.75, 3.05) is 26.5 Å². The average Bonchev–Trinajstić information content (AvgIpc) is 3.15. The lowest BCUT2D eigenvalue weighted by molar-refractivity contribution is -0.118. The number of aryl methyl sites for hydroxylation is 2. The molecule has 3 aromatic rings. The van der Waals surface area contributed by atoms with Gasteiger partial charge < -0.3 is 14.8 Å². The molecule has 0 bridgehead atoms. The Hall–Kier alpha value is -2.32. The van der Waals surface area contributed by atoms with Gasteiger partial charge in [0.05, 0.1) is 20.0 Å². The number of aromatic nitrogens is 2. The third-order valence-electron chi connectivity index (χ3n) is 4.39. The third-order valence-corrected chi connectivity index (χ3v) is 6.56. The molecule has 3 rings (SSSR count). The van der Waals surface area contributed by atoms with Crippen molar-refractivity contribution in [3.8, 4) is 11.5 Å². The van der Waals surface area contributed by atoms with E-state index >= 15 is 0 Å². The van der Waals surface area contributed by atoms with Crippen LogP contribution in [0, 0.1) is 6.92 Å². The highest BCUT2D eigenvalue weighted by molar-refractivity contribution is 8.00. The zero-order valence-corrected chi connectivity index (χ0v) is 18.7. The molecule has 1 N–H and O–H groups in total. The van der Waals surface area contributed by atoms with E-state index in [1.54, 1.807) is 25.6 Å². The van der Waals surface area contributed by atoms with E-state index in [9.17, 15) is 4.79 Å². The molecule has 0 saturated carbocycles. The van der Waals surface area contributed by atoms with Gasteiger partial charge in [0.25, 0.3) is 0 Å². The minimum Gasteiger partial charge on any atom is -0.493 e. The number of nitrogens with one attached hydrogen (secondary N) is 1. The van der Waals surface area contributed by atoms with Gasteiger partial charge in [0.15, 0.2) is 11.5 Å². The van der Waals surface area contributed by atoms with Crippen molar-refractivity contribution in [2.24, 2.45) is 0 Å². The van der Waals surface area contributed by atoms with Crippen molar-refractivity contribution in [1.82, 2.24) is 15.3 Å². The van der Waals surface area contributed by atoms with Crippen LogP contribution in [-0.2, 0) is 17.6 Å². The molecule has 6 nitrogen and oxygen atoms in total. The Kier molecular flexibility index (Phi) is 7.33. The number of ether oxygens (including phenoxy) is 2. The first-order valence-corrected chi connectivity index (χ1v) is 11.2. The molecule has 0 fully saturated rings. The van der Waals surface area contributed by atoms with E-state index in [1.807, 2.05) is 25.1 Å². The van der Waals surface area contributed by atoms with Gasteiger partial charge in [-0.2, -0.15) is 0 Å². The van der Waals surface area contributed by atoms with Gasteiger partial charge in [-0.25, -0.2) is 9.97 Å². The fourth-order valence-electron chi connectivity index (χ4n) is 2.90. The standard InChI is InChI=1S/C21H25N3O3S2/c1-5-15-11-16-20(23-13(2)24-21(16)29-15)28-12-19(25)22-9-8-14-6-7-17(26-3)18(10-14)27-4/h6-7,10-11H,5,8-9,12H2,1-4H3,(H,22,25). The van der Waals surface area contributed by atoms with Crippen molar-refractivity contribution >= 4 is 39.2 Å². The lowest BCUT2D eigenvalue weighted by atomic mass is 10.1. The van der Waals surface area contributed by atoms with Gasteiger partial charge in [0.2, 0.25) is 5.91 Å². The number of fused-ring (bicyclic) bond motifs is 1. The van der Waals surface area contributed by atoms with Crippen molar-refractivity contribution in [3.63, 3.8) is 0 Å². The van der Waals surface area contributed by atoms with Gasteiger partial charge in [-0.3, -0.25) is 4.79 Å². The number of rotatable bonds is 9. The Bertz CT molecular complexity index is 1000. The second-order valence-corrected chi connectivity index (χ2v) is 8.52. The molecule has 29 heavy (non-hydrogen) atoms. The summed E-state index contributed by atoms with van der Waals surface area (Å²) in [5, 5.41) is 4.89. The van der Waals surface area contributed by atoms with Gasteiger partial charge in [-0.15, -0.1) is 11.3 Å². The van der Waals surface area contributed by atoms with Crippen LogP contribution in [0.1, 0.15) is 23.2 Å². The molecular weight excluding hydrogens is 406 g/mol. The van der Waals surface area contributed by atoms with Crippen LogP contribution in [-0.4, -0.2) is 42.4 Å². The highest BCUT2D eigenvalue weighted by Crippen LogP contribution is 2.31. The first kappa shape index (κ1) is 21.4. The number of thiophene rings is 1. The molecule has 0 aliphatic heterocycles. The highest BCUT2D eigenvalue weighted by Gasteiger charge is 2.12. The number of thioether (sulfide) groups is 1. The van der Waals surface area contributed by atoms with Crippen LogP contribution < -0.4 is 14.8 Å². The van der Waals surface area contributed by atoms with E-state index in [2.05, 4.69) is 28.3 Å². The Morgan fingerprint density at radius 1 is 1.17 bits per heavy atom. The van der Waals surface area contributed by atoms with E-state index in [0.29, 0.717) is 23.8 Å². The van der Waals surface area contributed by atoms with Crippen LogP contribution in [0.15, 0.2) is 29.3 Å². The highest BCUT2D eigenvalue weighted by atomic mass is 32.2. The van der Waals surface area contributed by atoms with Gasteiger partial charge >= 0.3 is 0 Å². The molecule has 0 aliphatic carbocycles. The molecule has 0 spiro atoms. The largest absolute Gasteiger partial charge is 0.493 e. The second kappa shape index (κ2) is 9.93. The number of hydrogen-bond acceptors (Lipinski definition) is 7. The van der Waals surface area contributed by atoms with Crippen LogP contribution in [0.3, 0.4) is 0 Å². The van der Waals surface area contributed by atoms with Gasteiger partial charge in [0.1, 0.15) is 15.7 Å². The fraction of sp³-hybridized carbons (Fsp3) is 0.381. The minimum absolute atomic E-state index is 0.00848. The predicted molar refractivity (Wildman–Crippen MR) is 119 cm³/mol. The third kappa shape index (κ3) is 5.39. The van der Waals surface area contributed by atoms with Crippen LogP contribution in [0.4, 0.5) is 0 Å². The molecular formula is C21H25N3O3S2.